The second-order valence-corrected chi connectivity index (χ2v) is 4.17. The lowest BCUT2D eigenvalue weighted by Crippen LogP contribution is -2.31. The summed E-state index contributed by atoms with van der Waals surface area (Å²) in [5.74, 6) is 0. The Balaban J connectivity index is 1.99. The van der Waals surface area contributed by atoms with Crippen molar-refractivity contribution in [1.82, 2.24) is 14.9 Å². The van der Waals surface area contributed by atoms with E-state index in [9.17, 15) is 0 Å². The van der Waals surface area contributed by atoms with Gasteiger partial charge in [-0.05, 0) is 19.4 Å². The molecule has 0 aromatic carbocycles. The van der Waals surface area contributed by atoms with Crippen LogP contribution in [0.1, 0.15) is 18.5 Å². The van der Waals surface area contributed by atoms with Gasteiger partial charge in [0.25, 0.3) is 0 Å². The van der Waals surface area contributed by atoms with Gasteiger partial charge in [-0.3, -0.25) is 9.88 Å². The topological polar surface area (TPSA) is 49.2 Å². The van der Waals surface area contributed by atoms with Crippen LogP contribution >= 0.6 is 11.6 Å². The Morgan fingerprint density at radius 3 is 3.00 bits per heavy atom. The molecule has 1 aliphatic heterocycles. The predicted molar refractivity (Wildman–Crippen MR) is 57.6 cm³/mol. The molecule has 82 valence electrons. The van der Waals surface area contributed by atoms with Crippen molar-refractivity contribution in [2.75, 3.05) is 13.2 Å². The maximum Gasteiger partial charge on any atom is 0.147 e. The lowest BCUT2D eigenvalue weighted by molar-refractivity contribution is 0.152. The summed E-state index contributed by atoms with van der Waals surface area (Å²) < 4.78 is 0. The van der Waals surface area contributed by atoms with Crippen molar-refractivity contribution in [3.63, 3.8) is 0 Å². The molecule has 0 spiro atoms. The van der Waals surface area contributed by atoms with Crippen LogP contribution in [0.3, 0.4) is 0 Å². The Kier molecular flexibility index (Phi) is 3.51. The molecule has 1 fully saturated rings. The van der Waals surface area contributed by atoms with E-state index in [1.165, 1.54) is 0 Å². The molecule has 1 atom stereocenters. The van der Waals surface area contributed by atoms with E-state index in [-0.39, 0.29) is 12.6 Å². The molecule has 4 nitrogen and oxygen atoms in total. The largest absolute Gasteiger partial charge is 0.395 e. The van der Waals surface area contributed by atoms with E-state index in [1.54, 1.807) is 12.4 Å². The number of rotatable bonds is 3. The SMILES string of the molecule is OC[C@@H]1CCCN1Cc1cnc(Cl)cn1. The molecular weight excluding hydrogens is 214 g/mol. The normalized spacial score (nSPS) is 22.1. The van der Waals surface area contributed by atoms with E-state index in [0.717, 1.165) is 31.6 Å². The number of aliphatic hydroxyl groups is 1. The number of hydrogen-bond donors (Lipinski definition) is 1. The third kappa shape index (κ3) is 2.65. The fourth-order valence-electron chi connectivity index (χ4n) is 1.94. The molecule has 1 saturated heterocycles. The van der Waals surface area contributed by atoms with Crippen molar-refractivity contribution in [3.05, 3.63) is 23.2 Å². The Hall–Kier alpha value is -0.710. The van der Waals surface area contributed by atoms with Gasteiger partial charge in [-0.1, -0.05) is 11.6 Å². The maximum atomic E-state index is 9.16. The fraction of sp³-hybridized carbons (Fsp3) is 0.600. The summed E-state index contributed by atoms with van der Waals surface area (Å²) in [4.78, 5) is 10.4. The minimum absolute atomic E-state index is 0.223. The van der Waals surface area contributed by atoms with Crippen LogP contribution in [-0.4, -0.2) is 39.2 Å². The molecule has 2 rings (SSSR count). The molecule has 1 aromatic heterocycles. The van der Waals surface area contributed by atoms with Crippen LogP contribution in [0.2, 0.25) is 5.15 Å². The smallest absolute Gasteiger partial charge is 0.147 e. The monoisotopic (exact) mass is 227 g/mol. The number of nitrogens with zero attached hydrogens (tertiary/aromatic N) is 3. The van der Waals surface area contributed by atoms with Crippen LogP contribution in [0.25, 0.3) is 0 Å². The van der Waals surface area contributed by atoms with E-state index >= 15 is 0 Å². The van der Waals surface area contributed by atoms with Gasteiger partial charge in [0.15, 0.2) is 0 Å². The molecule has 0 unspecified atom stereocenters. The first-order valence-corrected chi connectivity index (χ1v) is 5.48. The van der Waals surface area contributed by atoms with Crippen LogP contribution in [0, 0.1) is 0 Å². The molecule has 1 aliphatic rings. The van der Waals surface area contributed by atoms with Crippen molar-refractivity contribution >= 4 is 11.6 Å². The molecule has 1 N–H and O–H groups in total. The predicted octanol–water partition coefficient (Wildman–Crippen LogP) is 1.09. The Bertz CT molecular complexity index is 317. The molecule has 1 aromatic rings. The second-order valence-electron chi connectivity index (χ2n) is 3.78. The highest BCUT2D eigenvalue weighted by Gasteiger charge is 2.23. The van der Waals surface area contributed by atoms with Crippen LogP contribution in [-0.2, 0) is 6.54 Å². The number of likely N-dealkylation sites (tertiary alicyclic amines) is 1. The quantitative estimate of drug-likeness (QED) is 0.840. The van der Waals surface area contributed by atoms with Crippen molar-refractivity contribution in [3.8, 4) is 0 Å². The van der Waals surface area contributed by atoms with Gasteiger partial charge in [-0.25, -0.2) is 4.98 Å². The Morgan fingerprint density at radius 1 is 1.47 bits per heavy atom. The van der Waals surface area contributed by atoms with Crippen molar-refractivity contribution in [2.45, 2.75) is 25.4 Å². The first-order chi connectivity index (χ1) is 7.29. The van der Waals surface area contributed by atoms with Gasteiger partial charge >= 0.3 is 0 Å². The first kappa shape index (κ1) is 10.8. The summed E-state index contributed by atoms with van der Waals surface area (Å²) in [6.45, 7) is 1.99. The lowest BCUT2D eigenvalue weighted by atomic mass is 10.2. The van der Waals surface area contributed by atoms with E-state index in [4.69, 9.17) is 16.7 Å². The van der Waals surface area contributed by atoms with E-state index in [0.29, 0.717) is 5.15 Å². The van der Waals surface area contributed by atoms with E-state index < -0.39 is 0 Å². The molecule has 2 heterocycles. The van der Waals surface area contributed by atoms with Crippen molar-refractivity contribution in [1.29, 1.82) is 0 Å². The van der Waals surface area contributed by atoms with Gasteiger partial charge in [0.1, 0.15) is 5.15 Å². The third-order valence-corrected chi connectivity index (χ3v) is 2.94. The summed E-state index contributed by atoms with van der Waals surface area (Å²) >= 11 is 5.66. The Labute approximate surface area is 93.9 Å². The molecule has 0 bridgehead atoms. The highest BCUT2D eigenvalue weighted by Crippen LogP contribution is 2.18. The lowest BCUT2D eigenvalue weighted by Gasteiger charge is -2.21. The zero-order chi connectivity index (χ0) is 10.7. The highest BCUT2D eigenvalue weighted by atomic mass is 35.5. The minimum Gasteiger partial charge on any atom is -0.395 e. The van der Waals surface area contributed by atoms with Gasteiger partial charge < -0.3 is 5.11 Å². The third-order valence-electron chi connectivity index (χ3n) is 2.75. The van der Waals surface area contributed by atoms with Gasteiger partial charge in [-0.2, -0.15) is 0 Å². The van der Waals surface area contributed by atoms with Crippen LogP contribution < -0.4 is 0 Å². The van der Waals surface area contributed by atoms with Gasteiger partial charge in [0.2, 0.25) is 0 Å². The molecule has 0 amide bonds. The summed E-state index contributed by atoms with van der Waals surface area (Å²) in [6.07, 6.45) is 5.46. The average molecular weight is 228 g/mol. The number of hydrogen-bond acceptors (Lipinski definition) is 4. The minimum atomic E-state index is 0.223. The number of halogens is 1. The zero-order valence-electron chi connectivity index (χ0n) is 8.43. The zero-order valence-corrected chi connectivity index (χ0v) is 9.19. The summed E-state index contributed by atoms with van der Waals surface area (Å²) in [7, 11) is 0. The maximum absolute atomic E-state index is 9.16. The molecule has 0 aliphatic carbocycles. The number of aromatic nitrogens is 2. The van der Waals surface area contributed by atoms with Crippen molar-refractivity contribution < 1.29 is 5.11 Å². The standard InChI is InChI=1S/C10H14ClN3O/c11-10-5-12-8(4-13-10)6-14-3-1-2-9(14)7-15/h4-5,9,15H,1-3,6-7H2/t9-/m0/s1. The van der Waals surface area contributed by atoms with Crippen LogP contribution in [0.5, 0.6) is 0 Å². The first-order valence-electron chi connectivity index (χ1n) is 5.11. The Morgan fingerprint density at radius 2 is 2.33 bits per heavy atom. The molecular formula is C10H14ClN3O. The van der Waals surface area contributed by atoms with Crippen LogP contribution in [0.15, 0.2) is 12.4 Å². The van der Waals surface area contributed by atoms with Gasteiger partial charge in [0.05, 0.1) is 24.7 Å². The second kappa shape index (κ2) is 4.88. The van der Waals surface area contributed by atoms with Crippen molar-refractivity contribution in [2.24, 2.45) is 0 Å². The molecule has 0 saturated carbocycles. The van der Waals surface area contributed by atoms with Crippen LogP contribution in [0.4, 0.5) is 0 Å². The summed E-state index contributed by atoms with van der Waals surface area (Å²) in [6, 6.07) is 0.280. The molecule has 0 radical (unpaired) electrons. The van der Waals surface area contributed by atoms with E-state index in [1.807, 2.05) is 0 Å². The summed E-state index contributed by atoms with van der Waals surface area (Å²) in [5.41, 5.74) is 0.903. The fourth-order valence-corrected chi connectivity index (χ4v) is 2.04. The average Bonchev–Trinajstić information content (AvgIpc) is 2.69. The molecule has 5 heteroatoms. The van der Waals surface area contributed by atoms with Gasteiger partial charge in [0, 0.05) is 12.6 Å². The van der Waals surface area contributed by atoms with Gasteiger partial charge in [-0.15, -0.1) is 0 Å². The molecule has 15 heavy (non-hydrogen) atoms. The van der Waals surface area contributed by atoms with E-state index in [2.05, 4.69) is 14.9 Å². The summed E-state index contributed by atoms with van der Waals surface area (Å²) in [5, 5.41) is 9.58. The highest BCUT2D eigenvalue weighted by molar-refractivity contribution is 6.29. The number of aliphatic hydroxyl groups excluding tert-OH is 1.